The molecule has 2 aromatic rings. The van der Waals surface area contributed by atoms with Crippen LogP contribution < -0.4 is 10.6 Å². The molecule has 1 aromatic carbocycles. The topological polar surface area (TPSA) is 29.3 Å². The van der Waals surface area contributed by atoms with Gasteiger partial charge in [-0.25, -0.2) is 0 Å². The highest BCUT2D eigenvalue weighted by Crippen LogP contribution is 2.24. The minimum atomic E-state index is 0.629. The third-order valence-electron chi connectivity index (χ3n) is 2.89. The largest absolute Gasteiger partial charge is 0.370 e. The summed E-state index contributed by atoms with van der Waals surface area (Å²) in [5, 5.41) is 5.07. The first kappa shape index (κ1) is 13.4. The van der Waals surface area contributed by atoms with Crippen molar-refractivity contribution in [3.8, 4) is 0 Å². The fourth-order valence-electron chi connectivity index (χ4n) is 1.88. The first-order chi connectivity index (χ1) is 8.70. The molecule has 2 nitrogen and oxygen atoms in total. The van der Waals surface area contributed by atoms with Crippen molar-refractivity contribution in [2.24, 2.45) is 5.73 Å². The second-order valence-corrected chi connectivity index (χ2v) is 5.49. The van der Waals surface area contributed by atoms with Gasteiger partial charge in [0.15, 0.2) is 0 Å². The molecule has 18 heavy (non-hydrogen) atoms. The number of benzene rings is 1. The molecule has 2 rings (SSSR count). The van der Waals surface area contributed by atoms with E-state index in [0.717, 1.165) is 29.2 Å². The Morgan fingerprint density at radius 2 is 2.17 bits per heavy atom. The number of nitrogens with two attached hydrogens (primary N) is 1. The molecule has 1 heterocycles. The maximum atomic E-state index is 6.25. The Balaban J connectivity index is 2.11. The zero-order chi connectivity index (χ0) is 13.0. The van der Waals surface area contributed by atoms with Gasteiger partial charge in [-0.05, 0) is 53.1 Å². The van der Waals surface area contributed by atoms with Crippen molar-refractivity contribution < 1.29 is 0 Å². The average molecular weight is 281 g/mol. The van der Waals surface area contributed by atoms with Gasteiger partial charge in [0.05, 0.1) is 0 Å². The van der Waals surface area contributed by atoms with E-state index in [2.05, 4.69) is 40.9 Å². The molecule has 0 aliphatic heterocycles. The first-order valence-corrected chi connectivity index (χ1v) is 7.23. The van der Waals surface area contributed by atoms with E-state index in [1.165, 1.54) is 5.56 Å². The van der Waals surface area contributed by atoms with Crippen LogP contribution in [0.2, 0.25) is 5.02 Å². The van der Waals surface area contributed by atoms with Crippen LogP contribution in [0.25, 0.3) is 0 Å². The van der Waals surface area contributed by atoms with E-state index in [1.54, 1.807) is 11.3 Å². The van der Waals surface area contributed by atoms with Crippen LogP contribution in [0.3, 0.4) is 0 Å². The molecule has 0 aliphatic rings. The number of nitrogens with zero attached hydrogens (tertiary/aromatic N) is 1. The molecule has 0 bridgehead atoms. The van der Waals surface area contributed by atoms with Gasteiger partial charge in [-0.1, -0.05) is 17.7 Å². The predicted octanol–water partition coefficient (Wildman–Crippen LogP) is 3.54. The monoisotopic (exact) mass is 280 g/mol. The van der Waals surface area contributed by atoms with E-state index < -0.39 is 0 Å². The molecule has 0 radical (unpaired) electrons. The van der Waals surface area contributed by atoms with Crippen molar-refractivity contribution >= 4 is 28.6 Å². The van der Waals surface area contributed by atoms with Crippen molar-refractivity contribution in [2.75, 3.05) is 18.5 Å². The van der Waals surface area contributed by atoms with Gasteiger partial charge >= 0.3 is 0 Å². The van der Waals surface area contributed by atoms with Crippen LogP contribution in [0.15, 0.2) is 35.0 Å². The summed E-state index contributed by atoms with van der Waals surface area (Å²) in [6.07, 6.45) is 0.827. The van der Waals surface area contributed by atoms with E-state index in [-0.39, 0.29) is 0 Å². The van der Waals surface area contributed by atoms with Crippen molar-refractivity contribution in [1.82, 2.24) is 0 Å². The van der Waals surface area contributed by atoms with E-state index in [0.29, 0.717) is 6.54 Å². The summed E-state index contributed by atoms with van der Waals surface area (Å²) in [5.74, 6) is 0. The minimum absolute atomic E-state index is 0.629. The second-order valence-electron chi connectivity index (χ2n) is 4.30. The normalized spacial score (nSPS) is 10.6. The van der Waals surface area contributed by atoms with Crippen molar-refractivity contribution in [1.29, 1.82) is 0 Å². The summed E-state index contributed by atoms with van der Waals surface area (Å²) < 4.78 is 0. The summed E-state index contributed by atoms with van der Waals surface area (Å²) >= 11 is 7.98. The van der Waals surface area contributed by atoms with Crippen molar-refractivity contribution in [3.05, 3.63) is 51.2 Å². The van der Waals surface area contributed by atoms with Crippen LogP contribution in [-0.4, -0.2) is 13.6 Å². The molecule has 4 heteroatoms. The lowest BCUT2D eigenvalue weighted by Gasteiger charge is -2.19. The molecule has 1 aromatic heterocycles. The molecule has 0 atom stereocenters. The Morgan fingerprint density at radius 3 is 2.78 bits per heavy atom. The molecule has 0 fully saturated rings. The van der Waals surface area contributed by atoms with Gasteiger partial charge in [-0.2, -0.15) is 11.3 Å². The molecule has 0 saturated heterocycles. The van der Waals surface area contributed by atoms with E-state index >= 15 is 0 Å². The van der Waals surface area contributed by atoms with Gasteiger partial charge in [0.25, 0.3) is 0 Å². The van der Waals surface area contributed by atoms with Crippen LogP contribution >= 0.6 is 22.9 Å². The van der Waals surface area contributed by atoms with Crippen LogP contribution in [0.4, 0.5) is 5.69 Å². The van der Waals surface area contributed by atoms with Gasteiger partial charge in [-0.3, -0.25) is 0 Å². The standard InChI is InChI=1S/C14H17ClN2S/c1-17(9-11-5-7-18-10-11)13-3-2-12(4-6-16)14(15)8-13/h2-3,5,7-8,10H,4,6,9,16H2,1H3. The Bertz CT molecular complexity index is 497. The number of thiophene rings is 1. The van der Waals surface area contributed by atoms with Gasteiger partial charge in [0.1, 0.15) is 0 Å². The summed E-state index contributed by atoms with van der Waals surface area (Å²) in [6.45, 7) is 1.53. The van der Waals surface area contributed by atoms with Crippen LogP contribution in [-0.2, 0) is 13.0 Å². The van der Waals surface area contributed by atoms with Crippen molar-refractivity contribution in [3.63, 3.8) is 0 Å². The SMILES string of the molecule is CN(Cc1ccsc1)c1ccc(CCN)c(Cl)c1. The molecular formula is C14H17ClN2S. The summed E-state index contributed by atoms with van der Waals surface area (Å²) in [4.78, 5) is 2.19. The molecule has 0 amide bonds. The highest BCUT2D eigenvalue weighted by Gasteiger charge is 2.06. The highest BCUT2D eigenvalue weighted by atomic mass is 35.5. The summed E-state index contributed by atoms with van der Waals surface area (Å²) in [5.41, 5.74) is 9.12. The average Bonchev–Trinajstić information content (AvgIpc) is 2.84. The van der Waals surface area contributed by atoms with Gasteiger partial charge in [0, 0.05) is 24.3 Å². The van der Waals surface area contributed by atoms with Crippen LogP contribution in [0.5, 0.6) is 0 Å². The quantitative estimate of drug-likeness (QED) is 0.908. The molecule has 0 unspecified atom stereocenters. The lowest BCUT2D eigenvalue weighted by molar-refractivity contribution is 0.923. The van der Waals surface area contributed by atoms with E-state index in [9.17, 15) is 0 Å². The lowest BCUT2D eigenvalue weighted by atomic mass is 10.1. The first-order valence-electron chi connectivity index (χ1n) is 5.91. The van der Waals surface area contributed by atoms with Crippen LogP contribution in [0.1, 0.15) is 11.1 Å². The molecule has 96 valence electrons. The van der Waals surface area contributed by atoms with E-state index in [4.69, 9.17) is 17.3 Å². The lowest BCUT2D eigenvalue weighted by Crippen LogP contribution is -2.16. The second kappa shape index (κ2) is 6.23. The third kappa shape index (κ3) is 3.25. The zero-order valence-corrected chi connectivity index (χ0v) is 12.0. The van der Waals surface area contributed by atoms with Crippen molar-refractivity contribution in [2.45, 2.75) is 13.0 Å². The van der Waals surface area contributed by atoms with Crippen LogP contribution in [0, 0.1) is 0 Å². The Morgan fingerprint density at radius 1 is 1.33 bits per heavy atom. The molecule has 0 aliphatic carbocycles. The fraction of sp³-hybridized carbons (Fsp3) is 0.286. The number of hydrogen-bond donors (Lipinski definition) is 1. The molecule has 0 spiro atoms. The molecule has 0 saturated carbocycles. The minimum Gasteiger partial charge on any atom is -0.370 e. The van der Waals surface area contributed by atoms with Gasteiger partial charge in [0.2, 0.25) is 0 Å². The molecular weight excluding hydrogens is 264 g/mol. The summed E-state index contributed by atoms with van der Waals surface area (Å²) in [6, 6.07) is 8.32. The number of halogens is 1. The van der Waals surface area contributed by atoms with Gasteiger partial charge in [-0.15, -0.1) is 0 Å². The third-order valence-corrected chi connectivity index (χ3v) is 3.97. The predicted molar refractivity (Wildman–Crippen MR) is 80.6 cm³/mol. The summed E-state index contributed by atoms with van der Waals surface area (Å²) in [7, 11) is 2.08. The Hall–Kier alpha value is -1.03. The number of anilines is 1. The highest BCUT2D eigenvalue weighted by molar-refractivity contribution is 7.07. The maximum Gasteiger partial charge on any atom is 0.0459 e. The van der Waals surface area contributed by atoms with E-state index in [1.807, 2.05) is 6.07 Å². The smallest absolute Gasteiger partial charge is 0.0459 e. The number of rotatable bonds is 5. The number of hydrogen-bond acceptors (Lipinski definition) is 3. The Labute approximate surface area is 117 Å². The molecule has 2 N–H and O–H groups in total. The zero-order valence-electron chi connectivity index (χ0n) is 10.4. The van der Waals surface area contributed by atoms with Gasteiger partial charge < -0.3 is 10.6 Å². The maximum absolute atomic E-state index is 6.25. The fourth-order valence-corrected chi connectivity index (χ4v) is 2.81. The Kier molecular flexibility index (Phi) is 4.64.